The minimum Gasteiger partial charge on any atom is -0.301 e. The second-order valence-corrected chi connectivity index (χ2v) is 5.31. The number of aryl methyl sites for hydroxylation is 1. The van der Waals surface area contributed by atoms with Gasteiger partial charge in [0.1, 0.15) is 0 Å². The van der Waals surface area contributed by atoms with E-state index >= 15 is 0 Å². The van der Waals surface area contributed by atoms with Gasteiger partial charge in [-0.3, -0.25) is 4.90 Å². The Morgan fingerprint density at radius 1 is 1.11 bits per heavy atom. The van der Waals surface area contributed by atoms with Crippen LogP contribution < -0.4 is 0 Å². The van der Waals surface area contributed by atoms with E-state index in [4.69, 9.17) is 5.26 Å². The monoisotopic (exact) mass is 257 g/mol. The molecular formula is C16H23N3. The molecule has 3 heteroatoms. The van der Waals surface area contributed by atoms with Crippen LogP contribution in [-0.4, -0.2) is 42.5 Å². The van der Waals surface area contributed by atoms with Crippen molar-refractivity contribution in [3.05, 3.63) is 35.4 Å². The van der Waals surface area contributed by atoms with Gasteiger partial charge in [-0.2, -0.15) is 5.26 Å². The summed E-state index contributed by atoms with van der Waals surface area (Å²) >= 11 is 0. The Labute approximate surface area is 116 Å². The summed E-state index contributed by atoms with van der Waals surface area (Å²) < 4.78 is 0. The largest absolute Gasteiger partial charge is 0.301 e. The Morgan fingerprint density at radius 3 is 2.47 bits per heavy atom. The Bertz CT molecular complexity index is 428. The summed E-state index contributed by atoms with van der Waals surface area (Å²) in [6.45, 7) is 8.88. The molecule has 102 valence electrons. The van der Waals surface area contributed by atoms with Gasteiger partial charge in [-0.15, -0.1) is 0 Å². The molecule has 0 radical (unpaired) electrons. The third kappa shape index (κ3) is 4.34. The van der Waals surface area contributed by atoms with Gasteiger partial charge in [0.2, 0.25) is 0 Å². The molecule has 2 rings (SSSR count). The van der Waals surface area contributed by atoms with Crippen molar-refractivity contribution in [2.75, 3.05) is 32.7 Å². The molecule has 0 aliphatic carbocycles. The number of rotatable bonds is 5. The molecule has 0 bridgehead atoms. The van der Waals surface area contributed by atoms with E-state index in [2.05, 4.69) is 47.1 Å². The molecule has 0 aromatic heterocycles. The molecule has 0 amide bonds. The van der Waals surface area contributed by atoms with E-state index in [9.17, 15) is 0 Å². The van der Waals surface area contributed by atoms with Crippen molar-refractivity contribution < 1.29 is 0 Å². The lowest BCUT2D eigenvalue weighted by atomic mass is 10.1. The lowest BCUT2D eigenvalue weighted by molar-refractivity contribution is 0.126. The van der Waals surface area contributed by atoms with Crippen LogP contribution >= 0.6 is 0 Å². The fourth-order valence-corrected chi connectivity index (χ4v) is 2.58. The van der Waals surface area contributed by atoms with Crippen LogP contribution in [0.15, 0.2) is 24.3 Å². The molecule has 1 aromatic carbocycles. The molecule has 1 aliphatic heterocycles. The highest BCUT2D eigenvalue weighted by Crippen LogP contribution is 2.12. The molecule has 0 N–H and O–H groups in total. The smallest absolute Gasteiger partial charge is 0.0622 e. The summed E-state index contributed by atoms with van der Waals surface area (Å²) in [5, 5.41) is 8.55. The average Bonchev–Trinajstić information content (AvgIpc) is 2.44. The normalized spacial score (nSPS) is 17.3. The van der Waals surface area contributed by atoms with E-state index in [1.165, 1.54) is 11.1 Å². The van der Waals surface area contributed by atoms with Gasteiger partial charge in [0, 0.05) is 39.1 Å². The van der Waals surface area contributed by atoms with E-state index in [1.807, 2.05) is 0 Å². The minimum absolute atomic E-state index is 0.684. The number of unbranched alkanes of at least 4 members (excludes halogenated alkanes) is 1. The second kappa shape index (κ2) is 7.28. The fraction of sp³-hybridized carbons (Fsp3) is 0.562. The van der Waals surface area contributed by atoms with Crippen molar-refractivity contribution in [1.29, 1.82) is 5.26 Å². The minimum atomic E-state index is 0.684. The molecular weight excluding hydrogens is 234 g/mol. The zero-order valence-electron chi connectivity index (χ0n) is 11.8. The number of hydrogen-bond acceptors (Lipinski definition) is 3. The Balaban J connectivity index is 1.75. The van der Waals surface area contributed by atoms with E-state index in [-0.39, 0.29) is 0 Å². The molecule has 0 spiro atoms. The maximum atomic E-state index is 8.55. The maximum absolute atomic E-state index is 8.55. The molecule has 0 unspecified atom stereocenters. The summed E-state index contributed by atoms with van der Waals surface area (Å²) in [7, 11) is 0. The molecule has 1 saturated heterocycles. The van der Waals surface area contributed by atoms with Gasteiger partial charge in [-0.05, 0) is 31.0 Å². The van der Waals surface area contributed by atoms with Crippen molar-refractivity contribution in [2.24, 2.45) is 0 Å². The van der Waals surface area contributed by atoms with Crippen LogP contribution in [0.5, 0.6) is 0 Å². The number of piperazine rings is 1. The van der Waals surface area contributed by atoms with Gasteiger partial charge >= 0.3 is 0 Å². The van der Waals surface area contributed by atoms with Crippen LogP contribution in [0.25, 0.3) is 0 Å². The van der Waals surface area contributed by atoms with Gasteiger partial charge in [-0.25, -0.2) is 0 Å². The van der Waals surface area contributed by atoms with Crippen LogP contribution in [0.2, 0.25) is 0 Å². The summed E-state index contributed by atoms with van der Waals surface area (Å²) in [6, 6.07) is 10.9. The average molecular weight is 257 g/mol. The molecule has 1 heterocycles. The van der Waals surface area contributed by atoms with Gasteiger partial charge in [0.15, 0.2) is 0 Å². The van der Waals surface area contributed by atoms with Crippen molar-refractivity contribution in [2.45, 2.75) is 26.3 Å². The van der Waals surface area contributed by atoms with Crippen molar-refractivity contribution in [1.82, 2.24) is 9.80 Å². The molecule has 1 aromatic rings. The first-order valence-electron chi connectivity index (χ1n) is 7.16. The van der Waals surface area contributed by atoms with Gasteiger partial charge < -0.3 is 4.90 Å². The predicted molar refractivity (Wildman–Crippen MR) is 77.7 cm³/mol. The van der Waals surface area contributed by atoms with Crippen LogP contribution in [0.4, 0.5) is 0 Å². The number of hydrogen-bond donors (Lipinski definition) is 0. The first-order chi connectivity index (χ1) is 9.29. The van der Waals surface area contributed by atoms with Gasteiger partial charge in [0.05, 0.1) is 6.07 Å². The predicted octanol–water partition coefficient (Wildman–Crippen LogP) is 2.42. The summed E-state index contributed by atoms with van der Waals surface area (Å²) in [5.74, 6) is 0. The number of nitrogens with zero attached hydrogens (tertiary/aromatic N) is 3. The Morgan fingerprint density at radius 2 is 1.79 bits per heavy atom. The Kier molecular flexibility index (Phi) is 5.38. The van der Waals surface area contributed by atoms with E-state index < -0.39 is 0 Å². The van der Waals surface area contributed by atoms with Crippen LogP contribution in [0.1, 0.15) is 24.0 Å². The molecule has 1 fully saturated rings. The lowest BCUT2D eigenvalue weighted by Crippen LogP contribution is -2.46. The van der Waals surface area contributed by atoms with Gasteiger partial charge in [-0.1, -0.05) is 24.3 Å². The summed E-state index contributed by atoms with van der Waals surface area (Å²) in [4.78, 5) is 5.01. The standard InChI is InChI=1S/C16H23N3/c1-15-6-2-3-7-16(15)14-19-12-10-18(11-13-19)9-5-4-8-17/h2-3,6-7H,4-5,9-14H2,1H3. The fourth-order valence-electron chi connectivity index (χ4n) is 2.58. The number of benzene rings is 1. The highest BCUT2D eigenvalue weighted by molar-refractivity contribution is 5.25. The van der Waals surface area contributed by atoms with Crippen molar-refractivity contribution >= 4 is 0 Å². The highest BCUT2D eigenvalue weighted by Gasteiger charge is 2.16. The lowest BCUT2D eigenvalue weighted by Gasteiger charge is -2.34. The second-order valence-electron chi connectivity index (χ2n) is 5.31. The van der Waals surface area contributed by atoms with E-state index in [0.29, 0.717) is 6.42 Å². The third-order valence-electron chi connectivity index (χ3n) is 3.88. The number of nitriles is 1. The molecule has 19 heavy (non-hydrogen) atoms. The molecule has 0 atom stereocenters. The highest BCUT2D eigenvalue weighted by atomic mass is 15.3. The SMILES string of the molecule is Cc1ccccc1CN1CCN(CCCC#N)CC1. The van der Waals surface area contributed by atoms with Crippen LogP contribution in [0.3, 0.4) is 0 Å². The molecule has 3 nitrogen and oxygen atoms in total. The molecule has 0 saturated carbocycles. The van der Waals surface area contributed by atoms with Crippen LogP contribution in [0, 0.1) is 18.3 Å². The van der Waals surface area contributed by atoms with Crippen molar-refractivity contribution in [3.63, 3.8) is 0 Å². The third-order valence-corrected chi connectivity index (χ3v) is 3.88. The zero-order valence-corrected chi connectivity index (χ0v) is 11.8. The first kappa shape index (κ1) is 14.0. The zero-order chi connectivity index (χ0) is 13.5. The quantitative estimate of drug-likeness (QED) is 0.759. The first-order valence-corrected chi connectivity index (χ1v) is 7.16. The van der Waals surface area contributed by atoms with Gasteiger partial charge in [0.25, 0.3) is 0 Å². The van der Waals surface area contributed by atoms with Crippen molar-refractivity contribution in [3.8, 4) is 6.07 Å². The topological polar surface area (TPSA) is 30.3 Å². The Hall–Kier alpha value is -1.37. The summed E-state index contributed by atoms with van der Waals surface area (Å²) in [6.07, 6.45) is 1.69. The van der Waals surface area contributed by atoms with E-state index in [0.717, 1.165) is 45.7 Å². The molecule has 1 aliphatic rings. The van der Waals surface area contributed by atoms with Crippen LogP contribution in [-0.2, 0) is 6.54 Å². The maximum Gasteiger partial charge on any atom is 0.0622 e. The summed E-state index contributed by atoms with van der Waals surface area (Å²) in [5.41, 5.74) is 2.83. The van der Waals surface area contributed by atoms with E-state index in [1.54, 1.807) is 0 Å².